The SMILES string of the molecule is COc1ccc(-c2cc(=O)c3c(O)cc(O)c(O[C@@H]4O[C@H](C(=O)O)[C@@H](OS(=O)(=O)O)[C@@H](O)[C@H]4OS(=O)(=O)O)c3o2)cc1. The molecular formula is C22H20O18S2. The van der Waals surface area contributed by atoms with Crippen LogP contribution in [0.1, 0.15) is 0 Å². The Balaban J connectivity index is 1.87. The Bertz CT molecular complexity index is 1780. The van der Waals surface area contributed by atoms with Gasteiger partial charge in [-0.25, -0.2) is 13.2 Å². The lowest BCUT2D eigenvalue weighted by Gasteiger charge is -2.40. The van der Waals surface area contributed by atoms with Crippen LogP contribution in [0.15, 0.2) is 45.6 Å². The van der Waals surface area contributed by atoms with E-state index in [-0.39, 0.29) is 11.3 Å². The quantitative estimate of drug-likeness (QED) is 0.166. The molecule has 1 aliphatic rings. The fraction of sp³-hybridized carbons (Fsp3) is 0.273. The molecule has 0 bridgehead atoms. The molecule has 3 aromatic rings. The molecule has 0 amide bonds. The average molecular weight is 637 g/mol. The molecule has 5 atom stereocenters. The lowest BCUT2D eigenvalue weighted by Crippen LogP contribution is -2.63. The predicted molar refractivity (Wildman–Crippen MR) is 134 cm³/mol. The number of phenolic OH excluding ortho intramolecular Hbond substituents is 2. The van der Waals surface area contributed by atoms with E-state index in [1.165, 1.54) is 31.4 Å². The monoisotopic (exact) mass is 636 g/mol. The van der Waals surface area contributed by atoms with Crippen LogP contribution >= 0.6 is 0 Å². The van der Waals surface area contributed by atoms with Crippen molar-refractivity contribution in [1.82, 2.24) is 0 Å². The van der Waals surface area contributed by atoms with Gasteiger partial charge in [0.25, 0.3) is 0 Å². The normalized spacial score (nSPS) is 23.0. The third-order valence-electron chi connectivity index (χ3n) is 5.75. The molecule has 2 aromatic carbocycles. The highest BCUT2D eigenvalue weighted by atomic mass is 32.3. The van der Waals surface area contributed by atoms with Crippen molar-refractivity contribution < 1.29 is 78.2 Å². The maximum absolute atomic E-state index is 12.9. The predicted octanol–water partition coefficient (Wildman–Crippen LogP) is -0.195. The van der Waals surface area contributed by atoms with E-state index >= 15 is 0 Å². The fourth-order valence-electron chi connectivity index (χ4n) is 4.02. The van der Waals surface area contributed by atoms with Crippen LogP contribution < -0.4 is 14.9 Å². The Morgan fingerprint density at radius 1 is 0.929 bits per heavy atom. The molecule has 0 aliphatic carbocycles. The van der Waals surface area contributed by atoms with Gasteiger partial charge >= 0.3 is 26.8 Å². The summed E-state index contributed by atoms with van der Waals surface area (Å²) in [5.41, 5.74) is -1.26. The maximum Gasteiger partial charge on any atom is 0.397 e. The van der Waals surface area contributed by atoms with Gasteiger partial charge in [-0.3, -0.25) is 13.9 Å². The van der Waals surface area contributed by atoms with Crippen LogP contribution in [-0.2, 0) is 38.7 Å². The number of aliphatic hydroxyl groups is 1. The number of aromatic hydroxyl groups is 2. The first-order chi connectivity index (χ1) is 19.5. The van der Waals surface area contributed by atoms with E-state index in [0.29, 0.717) is 11.8 Å². The smallest absolute Gasteiger partial charge is 0.397 e. The molecule has 0 unspecified atom stereocenters. The number of hydrogen-bond acceptors (Lipinski definition) is 15. The molecule has 4 rings (SSSR count). The molecule has 18 nitrogen and oxygen atoms in total. The molecule has 6 N–H and O–H groups in total. The number of fused-ring (bicyclic) bond motifs is 1. The minimum absolute atomic E-state index is 0.148. The minimum atomic E-state index is -5.52. The van der Waals surface area contributed by atoms with E-state index in [0.717, 1.165) is 6.07 Å². The third-order valence-corrected chi connectivity index (χ3v) is 6.68. The number of ether oxygens (including phenoxy) is 3. The van der Waals surface area contributed by atoms with Crippen molar-refractivity contribution >= 4 is 37.7 Å². The highest BCUT2D eigenvalue weighted by Crippen LogP contribution is 2.42. The highest BCUT2D eigenvalue weighted by Gasteiger charge is 2.54. The molecule has 0 saturated carbocycles. The van der Waals surface area contributed by atoms with E-state index in [1.807, 2.05) is 0 Å². The largest absolute Gasteiger partial charge is 0.507 e. The Labute approximate surface area is 234 Å². The molecular weight excluding hydrogens is 616 g/mol. The summed E-state index contributed by atoms with van der Waals surface area (Å²) in [5.74, 6) is -4.38. The van der Waals surface area contributed by atoms with Crippen molar-refractivity contribution in [2.45, 2.75) is 30.7 Å². The van der Waals surface area contributed by atoms with Gasteiger partial charge in [0.2, 0.25) is 12.0 Å². The number of benzene rings is 2. The summed E-state index contributed by atoms with van der Waals surface area (Å²) in [5, 5.41) is 40.4. The second kappa shape index (κ2) is 11.3. The van der Waals surface area contributed by atoms with Crippen molar-refractivity contribution in [2.75, 3.05) is 7.11 Å². The van der Waals surface area contributed by atoms with E-state index in [4.69, 9.17) is 23.2 Å². The molecule has 42 heavy (non-hydrogen) atoms. The van der Waals surface area contributed by atoms with Gasteiger partial charge in [0, 0.05) is 17.7 Å². The molecule has 1 aliphatic heterocycles. The number of aliphatic hydroxyl groups excluding tert-OH is 1. The lowest BCUT2D eigenvalue weighted by atomic mass is 9.99. The number of hydrogen-bond donors (Lipinski definition) is 6. The molecule has 1 saturated heterocycles. The summed E-state index contributed by atoms with van der Waals surface area (Å²) in [6.07, 6.45) is -12.7. The Kier molecular flexibility index (Phi) is 8.35. The molecule has 20 heteroatoms. The summed E-state index contributed by atoms with van der Waals surface area (Å²) >= 11 is 0. The van der Waals surface area contributed by atoms with Crippen molar-refractivity contribution in [3.8, 4) is 34.3 Å². The van der Waals surface area contributed by atoms with Crippen LogP contribution in [0.3, 0.4) is 0 Å². The van der Waals surface area contributed by atoms with Crippen molar-refractivity contribution in [2.24, 2.45) is 0 Å². The Hall–Kier alpha value is -4.02. The maximum atomic E-state index is 12.9. The second-order valence-corrected chi connectivity index (χ2v) is 10.6. The van der Waals surface area contributed by atoms with Gasteiger partial charge in [-0.2, -0.15) is 16.8 Å². The number of carbonyl (C=O) groups is 1. The van der Waals surface area contributed by atoms with Crippen LogP contribution in [0.4, 0.5) is 0 Å². The van der Waals surface area contributed by atoms with Gasteiger partial charge in [-0.05, 0) is 24.3 Å². The fourth-order valence-corrected chi connectivity index (χ4v) is 5.00. The van der Waals surface area contributed by atoms with Crippen LogP contribution in [0.5, 0.6) is 23.0 Å². The number of phenols is 2. The first-order valence-corrected chi connectivity index (χ1v) is 13.9. The standard InChI is InChI=1S/C22H20O18S2/c1-35-9-4-2-8(3-5-9)13-7-11(24)14-10(23)6-12(25)16(17(14)36-13)37-22-19(40-42(32,33)34)15(26)18(39-41(29,30)31)20(38-22)21(27)28/h2-7,15,18-20,22-23,25-26H,1H3,(H,27,28)(H,29,30,31)(H,32,33,34)/t15-,18+,19-,20+,22-/m1/s1. The van der Waals surface area contributed by atoms with E-state index in [9.17, 15) is 51.4 Å². The zero-order valence-corrected chi connectivity index (χ0v) is 22.4. The molecule has 1 aromatic heterocycles. The first kappa shape index (κ1) is 30.9. The topological polar surface area (TPSA) is 283 Å². The number of carboxylic acid groups (broad SMARTS) is 1. The molecule has 0 spiro atoms. The summed E-state index contributed by atoms with van der Waals surface area (Å²) < 4.78 is 93.4. The summed E-state index contributed by atoms with van der Waals surface area (Å²) in [4.78, 5) is 24.7. The molecule has 1 fully saturated rings. The highest BCUT2D eigenvalue weighted by molar-refractivity contribution is 7.81. The van der Waals surface area contributed by atoms with Gasteiger partial charge in [0.1, 0.15) is 34.9 Å². The second-order valence-electron chi connectivity index (χ2n) is 8.50. The number of methoxy groups -OCH3 is 1. The third kappa shape index (κ3) is 6.55. The zero-order chi connectivity index (χ0) is 31.1. The lowest BCUT2D eigenvalue weighted by molar-refractivity contribution is -0.261. The number of carboxylic acids is 1. The summed E-state index contributed by atoms with van der Waals surface area (Å²) in [6, 6.07) is 7.59. The van der Waals surface area contributed by atoms with Crippen LogP contribution in [0, 0.1) is 0 Å². The van der Waals surface area contributed by atoms with E-state index < -0.39 is 91.1 Å². The van der Waals surface area contributed by atoms with Crippen molar-refractivity contribution in [3.05, 3.63) is 46.6 Å². The Morgan fingerprint density at radius 2 is 1.52 bits per heavy atom. The van der Waals surface area contributed by atoms with Gasteiger partial charge in [0.05, 0.1) is 7.11 Å². The average Bonchev–Trinajstić information content (AvgIpc) is 2.87. The van der Waals surface area contributed by atoms with Gasteiger partial charge in [-0.15, -0.1) is 0 Å². The van der Waals surface area contributed by atoms with Crippen LogP contribution in [-0.4, -0.2) is 90.2 Å². The van der Waals surface area contributed by atoms with E-state index in [2.05, 4.69) is 8.37 Å². The number of aliphatic carboxylic acids is 1. The molecule has 228 valence electrons. The minimum Gasteiger partial charge on any atom is -0.507 e. The van der Waals surface area contributed by atoms with Gasteiger partial charge < -0.3 is 39.1 Å². The van der Waals surface area contributed by atoms with Gasteiger partial charge in [0.15, 0.2) is 29.0 Å². The molecule has 0 radical (unpaired) electrons. The van der Waals surface area contributed by atoms with Crippen LogP contribution in [0.2, 0.25) is 0 Å². The van der Waals surface area contributed by atoms with Crippen molar-refractivity contribution in [1.29, 1.82) is 0 Å². The number of rotatable bonds is 9. The van der Waals surface area contributed by atoms with Gasteiger partial charge in [-0.1, -0.05) is 0 Å². The molecule has 2 heterocycles. The summed E-state index contributed by atoms with van der Waals surface area (Å²) in [7, 11) is -9.59. The van der Waals surface area contributed by atoms with Crippen molar-refractivity contribution in [3.63, 3.8) is 0 Å². The summed E-state index contributed by atoms with van der Waals surface area (Å²) in [6.45, 7) is 0. The Morgan fingerprint density at radius 3 is 2.07 bits per heavy atom. The zero-order valence-electron chi connectivity index (χ0n) is 20.7. The van der Waals surface area contributed by atoms with E-state index in [1.54, 1.807) is 0 Å². The van der Waals surface area contributed by atoms with Crippen LogP contribution in [0.25, 0.3) is 22.3 Å². The first-order valence-electron chi connectivity index (χ1n) is 11.2.